The molecule has 1 aromatic carbocycles. The minimum atomic E-state index is -0.00282. The molecule has 13 heavy (non-hydrogen) atoms. The second-order valence-corrected chi connectivity index (χ2v) is 3.45. The summed E-state index contributed by atoms with van der Waals surface area (Å²) in [6, 6.07) is 0. The van der Waals surface area contributed by atoms with Crippen LogP contribution in [0.5, 0.6) is 0 Å². The molecule has 3 nitrogen and oxygen atoms in total. The fourth-order valence-electron chi connectivity index (χ4n) is 1.20. The van der Waals surface area contributed by atoms with E-state index in [0.717, 1.165) is 25.1 Å². The van der Waals surface area contributed by atoms with E-state index in [0.29, 0.717) is 10.2 Å². The molecule has 0 unspecified atom stereocenters. The van der Waals surface area contributed by atoms with Crippen LogP contribution in [0, 0.1) is 11.4 Å². The maximum Gasteiger partial charge on any atom is 0.220 e. The van der Waals surface area contributed by atoms with Crippen LogP contribution in [0.15, 0.2) is 4.79 Å². The van der Waals surface area contributed by atoms with Crippen molar-refractivity contribution in [3.05, 3.63) is 20.3 Å². The van der Waals surface area contributed by atoms with Crippen LogP contribution < -0.4 is 16.1 Å². The van der Waals surface area contributed by atoms with E-state index in [1.165, 1.54) is 0 Å². The summed E-state index contributed by atoms with van der Waals surface area (Å²) in [5.41, 5.74) is 1.64. The lowest BCUT2D eigenvalue weighted by molar-refractivity contribution is 0.747. The quantitative estimate of drug-likeness (QED) is 0.546. The lowest BCUT2D eigenvalue weighted by atomic mass is 10.1. The molecule has 0 aliphatic heterocycles. The van der Waals surface area contributed by atoms with E-state index >= 15 is 0 Å². The second kappa shape index (κ2) is 4.48. The van der Waals surface area contributed by atoms with Gasteiger partial charge in [0, 0.05) is 6.54 Å². The van der Waals surface area contributed by atoms with E-state index in [4.69, 9.17) is 12.2 Å². The van der Waals surface area contributed by atoms with Crippen molar-refractivity contribution in [2.75, 3.05) is 25.5 Å². The monoisotopic (exact) mass is 198 g/mol. The van der Waals surface area contributed by atoms with Crippen molar-refractivity contribution >= 4 is 17.9 Å². The van der Waals surface area contributed by atoms with E-state index in [1.807, 2.05) is 14.0 Å². The Kier molecular flexibility index (Phi) is 3.57. The van der Waals surface area contributed by atoms with Gasteiger partial charge in [-0.3, -0.25) is 4.79 Å². The van der Waals surface area contributed by atoms with Gasteiger partial charge in [-0.05, 0) is 32.5 Å². The highest BCUT2D eigenvalue weighted by atomic mass is 32.1. The van der Waals surface area contributed by atoms with Crippen LogP contribution in [0.25, 0.3) is 0 Å². The van der Waals surface area contributed by atoms with Crippen molar-refractivity contribution in [2.24, 2.45) is 0 Å². The fourth-order valence-corrected chi connectivity index (χ4v) is 1.40. The SMILES string of the molecule is CNCCCNc1c(C)c(=S)c1=O. The molecule has 0 saturated heterocycles. The van der Waals surface area contributed by atoms with Crippen molar-refractivity contribution in [2.45, 2.75) is 13.3 Å². The lowest BCUT2D eigenvalue weighted by Gasteiger charge is -2.10. The molecule has 0 aliphatic carbocycles. The van der Waals surface area contributed by atoms with Gasteiger partial charge in [0.2, 0.25) is 5.43 Å². The zero-order valence-electron chi connectivity index (χ0n) is 7.94. The first-order valence-corrected chi connectivity index (χ1v) is 4.77. The van der Waals surface area contributed by atoms with E-state index < -0.39 is 0 Å². The molecular formula is C9H14N2OS. The van der Waals surface area contributed by atoms with E-state index in [-0.39, 0.29) is 5.43 Å². The zero-order chi connectivity index (χ0) is 9.84. The molecule has 0 amide bonds. The van der Waals surface area contributed by atoms with Crippen LogP contribution in [0.3, 0.4) is 0 Å². The van der Waals surface area contributed by atoms with Crippen molar-refractivity contribution < 1.29 is 0 Å². The Bertz CT molecular complexity index is 352. The normalized spacial score (nSPS) is 10.6. The summed E-state index contributed by atoms with van der Waals surface area (Å²) in [5.74, 6) is 0. The van der Waals surface area contributed by atoms with Gasteiger partial charge in [-0.2, -0.15) is 0 Å². The third-order valence-corrected chi connectivity index (χ3v) is 2.55. The maximum atomic E-state index is 11.2. The first kappa shape index (κ1) is 10.3. The topological polar surface area (TPSA) is 41.1 Å². The molecule has 0 saturated carbocycles. The van der Waals surface area contributed by atoms with Crippen molar-refractivity contribution in [3.63, 3.8) is 0 Å². The molecule has 0 spiro atoms. The maximum absolute atomic E-state index is 11.2. The molecule has 0 radical (unpaired) electrons. The number of hydrogen-bond acceptors (Lipinski definition) is 4. The highest BCUT2D eigenvalue weighted by Crippen LogP contribution is 2.13. The Morgan fingerprint density at radius 1 is 1.38 bits per heavy atom. The Morgan fingerprint density at radius 3 is 2.62 bits per heavy atom. The minimum absolute atomic E-state index is 0.00282. The van der Waals surface area contributed by atoms with Crippen molar-refractivity contribution in [3.8, 4) is 0 Å². The summed E-state index contributed by atoms with van der Waals surface area (Å²) in [6.07, 6.45) is 1.01. The Morgan fingerprint density at radius 2 is 2.08 bits per heavy atom. The van der Waals surface area contributed by atoms with Crippen molar-refractivity contribution in [1.82, 2.24) is 5.32 Å². The van der Waals surface area contributed by atoms with Gasteiger partial charge in [0.05, 0.1) is 10.2 Å². The molecule has 0 aromatic heterocycles. The largest absolute Gasteiger partial charge is 0.382 e. The van der Waals surface area contributed by atoms with Crippen LogP contribution in [0.2, 0.25) is 0 Å². The standard InChI is InChI=1S/C9H14N2OS/c1-6-7(8(12)9(6)13)11-5-3-4-10-2/h10-11H,3-5H2,1-2H3. The molecular weight excluding hydrogens is 184 g/mol. The molecule has 1 aromatic rings. The van der Waals surface area contributed by atoms with Crippen LogP contribution in [-0.2, 0) is 0 Å². The molecule has 1 rings (SSSR count). The summed E-state index contributed by atoms with van der Waals surface area (Å²) in [6.45, 7) is 3.66. The summed E-state index contributed by atoms with van der Waals surface area (Å²) >= 11 is 4.85. The third-order valence-electron chi connectivity index (χ3n) is 2.05. The Labute approximate surface area is 82.9 Å². The lowest BCUT2D eigenvalue weighted by Crippen LogP contribution is -2.21. The number of hydrogen-bond donors (Lipinski definition) is 2. The number of rotatable bonds is 5. The predicted octanol–water partition coefficient (Wildman–Crippen LogP) is 0.982. The molecule has 4 heteroatoms. The predicted molar refractivity (Wildman–Crippen MR) is 57.7 cm³/mol. The average Bonchev–Trinajstić information content (AvgIpc) is 2.16. The average molecular weight is 198 g/mol. The summed E-state index contributed by atoms with van der Waals surface area (Å²) < 4.78 is 0.483. The Balaban J connectivity index is 2.39. The molecule has 0 aliphatic rings. The highest BCUT2D eigenvalue weighted by Gasteiger charge is 2.11. The smallest absolute Gasteiger partial charge is 0.220 e. The summed E-state index contributed by atoms with van der Waals surface area (Å²) in [7, 11) is 1.91. The van der Waals surface area contributed by atoms with E-state index in [2.05, 4.69) is 10.6 Å². The van der Waals surface area contributed by atoms with Crippen LogP contribution in [0.4, 0.5) is 5.69 Å². The molecule has 0 fully saturated rings. The van der Waals surface area contributed by atoms with E-state index in [1.54, 1.807) is 0 Å². The number of nitrogens with one attached hydrogen (secondary N) is 2. The van der Waals surface area contributed by atoms with Crippen LogP contribution in [-0.4, -0.2) is 20.1 Å². The first-order chi connectivity index (χ1) is 6.18. The first-order valence-electron chi connectivity index (χ1n) is 4.37. The molecule has 72 valence electrons. The van der Waals surface area contributed by atoms with Gasteiger partial charge in [-0.1, -0.05) is 12.2 Å². The minimum Gasteiger partial charge on any atom is -0.382 e. The molecule has 2 N–H and O–H groups in total. The molecule has 0 bridgehead atoms. The number of anilines is 1. The van der Waals surface area contributed by atoms with Crippen LogP contribution >= 0.6 is 12.2 Å². The highest BCUT2D eigenvalue weighted by molar-refractivity contribution is 7.71. The third kappa shape index (κ3) is 2.14. The second-order valence-electron chi connectivity index (χ2n) is 3.04. The zero-order valence-corrected chi connectivity index (χ0v) is 8.75. The van der Waals surface area contributed by atoms with Crippen molar-refractivity contribution in [1.29, 1.82) is 0 Å². The van der Waals surface area contributed by atoms with Gasteiger partial charge in [0.15, 0.2) is 0 Å². The van der Waals surface area contributed by atoms with Gasteiger partial charge < -0.3 is 10.6 Å². The summed E-state index contributed by atoms with van der Waals surface area (Å²) in [5, 5.41) is 6.13. The van der Waals surface area contributed by atoms with Gasteiger partial charge in [-0.15, -0.1) is 0 Å². The van der Waals surface area contributed by atoms with Gasteiger partial charge >= 0.3 is 0 Å². The fraction of sp³-hybridized carbons (Fsp3) is 0.556. The molecule has 0 atom stereocenters. The van der Waals surface area contributed by atoms with Gasteiger partial charge in [-0.25, -0.2) is 0 Å². The van der Waals surface area contributed by atoms with Crippen LogP contribution in [0.1, 0.15) is 12.0 Å². The van der Waals surface area contributed by atoms with Gasteiger partial charge in [0.25, 0.3) is 0 Å². The Hall–Kier alpha value is -0.740. The summed E-state index contributed by atoms with van der Waals surface area (Å²) in [4.78, 5) is 11.2. The van der Waals surface area contributed by atoms with Gasteiger partial charge in [0.1, 0.15) is 0 Å². The molecule has 0 heterocycles. The van der Waals surface area contributed by atoms with E-state index in [9.17, 15) is 4.79 Å².